The summed E-state index contributed by atoms with van der Waals surface area (Å²) in [5.41, 5.74) is -0.930. The van der Waals surface area contributed by atoms with Gasteiger partial charge < -0.3 is 19.3 Å². The maximum atomic E-state index is 13.4. The molecule has 2 aromatic carbocycles. The number of amides is 2. The number of anilines is 1. The van der Waals surface area contributed by atoms with E-state index >= 15 is 0 Å². The summed E-state index contributed by atoms with van der Waals surface area (Å²) in [6, 6.07) is 8.48. The zero-order valence-electron chi connectivity index (χ0n) is 22.9. The predicted octanol–water partition coefficient (Wildman–Crippen LogP) is 4.90. The average molecular weight is 573 g/mol. The van der Waals surface area contributed by atoms with E-state index in [9.17, 15) is 33.1 Å². The molecule has 1 saturated heterocycles. The second-order valence-electron chi connectivity index (χ2n) is 10.9. The van der Waals surface area contributed by atoms with Gasteiger partial charge in [-0.2, -0.15) is 18.4 Å². The first-order chi connectivity index (χ1) is 19.2. The van der Waals surface area contributed by atoms with Gasteiger partial charge in [-0.15, -0.1) is 0 Å². The van der Waals surface area contributed by atoms with Crippen molar-refractivity contribution in [1.29, 1.82) is 5.26 Å². The Morgan fingerprint density at radius 3 is 2.59 bits per heavy atom. The Bertz CT molecular complexity index is 1510. The van der Waals surface area contributed by atoms with Crippen LogP contribution in [0, 0.1) is 11.3 Å². The Labute approximate surface area is 234 Å². The molecule has 2 amide bonds. The minimum atomic E-state index is -4.67. The molecule has 1 fully saturated rings. The molecule has 0 radical (unpaired) electrons. The van der Waals surface area contributed by atoms with Crippen LogP contribution in [-0.4, -0.2) is 50.2 Å². The number of aliphatic hydroxyl groups excluding tert-OH is 1. The molecule has 1 aliphatic rings. The summed E-state index contributed by atoms with van der Waals surface area (Å²) in [6.45, 7) is 5.45. The number of imidazole rings is 1. The second kappa shape index (κ2) is 11.4. The van der Waals surface area contributed by atoms with Crippen molar-refractivity contribution in [1.82, 2.24) is 14.5 Å². The Kier molecular flexibility index (Phi) is 8.28. The highest BCUT2D eigenvalue weighted by atomic mass is 19.4. The van der Waals surface area contributed by atoms with Crippen molar-refractivity contribution in [3.63, 3.8) is 0 Å². The zero-order chi connectivity index (χ0) is 30.1. The molecule has 0 spiro atoms. The smallest absolute Gasteiger partial charge is 0.416 e. The molecule has 1 atom stereocenters. The van der Waals surface area contributed by atoms with Crippen molar-refractivity contribution in [2.45, 2.75) is 64.5 Å². The number of alkyl halides is 3. The van der Waals surface area contributed by atoms with Gasteiger partial charge in [-0.05, 0) is 75.9 Å². The molecule has 3 N–H and O–H groups in total. The molecule has 1 aliphatic heterocycles. The molecule has 4 rings (SSSR count). The van der Waals surface area contributed by atoms with Crippen LogP contribution >= 0.6 is 0 Å². The summed E-state index contributed by atoms with van der Waals surface area (Å²) >= 11 is 0. The number of likely N-dealkylation sites (tertiary alicyclic amines) is 1. The van der Waals surface area contributed by atoms with Crippen LogP contribution in [0.5, 0.6) is 0 Å². The molecule has 0 aliphatic carbocycles. The fourth-order valence-corrected chi connectivity index (χ4v) is 4.85. The molecular formula is C28H31F3N6O4. The third-order valence-corrected chi connectivity index (χ3v) is 6.66. The SMILES string of the molecule is CC(C)(C)OC(=O)N1CCCCC(n2c(N(N)C(=O)c3cccc(C(F)(F)F)c3)nc3cc(CO)cc(C#N)c32)C1. The molecule has 218 valence electrons. The topological polar surface area (TPSA) is 138 Å². The van der Waals surface area contributed by atoms with E-state index in [1.54, 1.807) is 36.3 Å². The monoisotopic (exact) mass is 572 g/mol. The van der Waals surface area contributed by atoms with Gasteiger partial charge in [0.05, 0.1) is 34.8 Å². The predicted molar refractivity (Wildman–Crippen MR) is 144 cm³/mol. The number of carbonyl (C=O) groups excluding carboxylic acids is 2. The van der Waals surface area contributed by atoms with Crippen molar-refractivity contribution >= 4 is 29.0 Å². The van der Waals surface area contributed by atoms with Crippen molar-refractivity contribution in [3.05, 3.63) is 58.7 Å². The van der Waals surface area contributed by atoms with Crippen LogP contribution in [0.4, 0.5) is 23.9 Å². The van der Waals surface area contributed by atoms with Crippen LogP contribution in [0.15, 0.2) is 36.4 Å². The molecular weight excluding hydrogens is 541 g/mol. The first-order valence-electron chi connectivity index (χ1n) is 13.0. The van der Waals surface area contributed by atoms with E-state index in [2.05, 4.69) is 11.1 Å². The van der Waals surface area contributed by atoms with Gasteiger partial charge >= 0.3 is 12.3 Å². The number of rotatable bonds is 4. The summed E-state index contributed by atoms with van der Waals surface area (Å²) in [5, 5.41) is 20.3. The molecule has 3 aromatic rings. The number of hydrogen-bond acceptors (Lipinski definition) is 7. The summed E-state index contributed by atoms with van der Waals surface area (Å²) in [4.78, 5) is 32.4. The van der Waals surface area contributed by atoms with Crippen LogP contribution < -0.4 is 10.9 Å². The maximum absolute atomic E-state index is 13.4. The molecule has 0 saturated carbocycles. The van der Waals surface area contributed by atoms with Crippen molar-refractivity contribution in [2.24, 2.45) is 5.84 Å². The number of fused-ring (bicyclic) bond motifs is 1. The van der Waals surface area contributed by atoms with E-state index in [-0.39, 0.29) is 35.7 Å². The first kappa shape index (κ1) is 29.8. The lowest BCUT2D eigenvalue weighted by Gasteiger charge is -2.30. The first-order valence-corrected chi connectivity index (χ1v) is 13.0. The van der Waals surface area contributed by atoms with E-state index in [1.165, 1.54) is 12.1 Å². The number of carbonyl (C=O) groups is 2. The number of nitrogens with two attached hydrogens (primary N) is 1. The van der Waals surface area contributed by atoms with Gasteiger partial charge in [0.1, 0.15) is 11.7 Å². The molecule has 0 bridgehead atoms. The number of ether oxygens (including phenoxy) is 1. The number of nitriles is 1. The van der Waals surface area contributed by atoms with E-state index in [0.29, 0.717) is 48.0 Å². The van der Waals surface area contributed by atoms with Gasteiger partial charge in [0, 0.05) is 18.7 Å². The minimum absolute atomic E-state index is 0.120. The zero-order valence-corrected chi connectivity index (χ0v) is 22.9. The number of nitrogens with zero attached hydrogens (tertiary/aromatic N) is 5. The van der Waals surface area contributed by atoms with Gasteiger partial charge in [-0.3, -0.25) is 4.79 Å². The third-order valence-electron chi connectivity index (χ3n) is 6.66. The average Bonchev–Trinajstić information content (AvgIpc) is 3.12. The standard InChI is InChI=1S/C28H31F3N6O4/c1-27(2,3)41-26(40)35-10-5-4-9-21(15-35)36-23-19(14-32)11-17(16-38)12-22(23)34-25(36)37(33)24(39)18-7-6-8-20(13-18)28(29,30)31/h6-8,11-13,21,38H,4-5,9-10,15-16,33H2,1-3H3. The van der Waals surface area contributed by atoms with Crippen molar-refractivity contribution in [3.8, 4) is 6.07 Å². The van der Waals surface area contributed by atoms with Gasteiger partial charge in [0.15, 0.2) is 0 Å². The summed E-state index contributed by atoms with van der Waals surface area (Å²) in [5.74, 6) is 5.19. The van der Waals surface area contributed by atoms with E-state index in [1.807, 2.05) is 0 Å². The second-order valence-corrected chi connectivity index (χ2v) is 10.9. The lowest BCUT2D eigenvalue weighted by Crippen LogP contribution is -2.42. The minimum Gasteiger partial charge on any atom is -0.444 e. The summed E-state index contributed by atoms with van der Waals surface area (Å²) in [6.07, 6.45) is -3.31. The van der Waals surface area contributed by atoms with Gasteiger partial charge in [-0.1, -0.05) is 6.07 Å². The van der Waals surface area contributed by atoms with Gasteiger partial charge in [0.2, 0.25) is 5.95 Å². The summed E-state index contributed by atoms with van der Waals surface area (Å²) in [7, 11) is 0. The largest absolute Gasteiger partial charge is 0.444 e. The van der Waals surface area contributed by atoms with Crippen LogP contribution in [-0.2, 0) is 17.5 Å². The van der Waals surface area contributed by atoms with E-state index in [0.717, 1.165) is 12.1 Å². The van der Waals surface area contributed by atoms with E-state index < -0.39 is 35.4 Å². The number of aromatic nitrogens is 2. The molecule has 2 heterocycles. The highest BCUT2D eigenvalue weighted by Gasteiger charge is 2.34. The Morgan fingerprint density at radius 2 is 1.95 bits per heavy atom. The number of hydrogen-bond donors (Lipinski definition) is 2. The maximum Gasteiger partial charge on any atom is 0.416 e. The number of benzene rings is 2. The van der Waals surface area contributed by atoms with Crippen LogP contribution in [0.3, 0.4) is 0 Å². The Balaban J connectivity index is 1.84. The van der Waals surface area contributed by atoms with Gasteiger partial charge in [-0.25, -0.2) is 20.6 Å². The van der Waals surface area contributed by atoms with E-state index in [4.69, 9.17) is 10.6 Å². The number of hydrazine groups is 1. The van der Waals surface area contributed by atoms with Crippen LogP contribution in [0.1, 0.15) is 73.1 Å². The molecule has 1 unspecified atom stereocenters. The fraction of sp³-hybridized carbons (Fsp3) is 0.429. The molecule has 41 heavy (non-hydrogen) atoms. The van der Waals surface area contributed by atoms with Crippen molar-refractivity contribution in [2.75, 3.05) is 18.1 Å². The van der Waals surface area contributed by atoms with Crippen LogP contribution in [0.25, 0.3) is 11.0 Å². The lowest BCUT2D eigenvalue weighted by atomic mass is 10.1. The van der Waals surface area contributed by atoms with Gasteiger partial charge in [0.25, 0.3) is 5.91 Å². The lowest BCUT2D eigenvalue weighted by molar-refractivity contribution is -0.137. The van der Waals surface area contributed by atoms with Crippen molar-refractivity contribution < 1.29 is 32.6 Å². The molecule has 10 nitrogen and oxygen atoms in total. The summed E-state index contributed by atoms with van der Waals surface area (Å²) < 4.78 is 47.2. The number of halogens is 3. The quantitative estimate of drug-likeness (QED) is 0.258. The molecule has 13 heteroatoms. The van der Waals surface area contributed by atoms with Crippen LogP contribution in [0.2, 0.25) is 0 Å². The highest BCUT2D eigenvalue weighted by Crippen LogP contribution is 2.35. The third kappa shape index (κ3) is 6.44. The Morgan fingerprint density at radius 1 is 1.22 bits per heavy atom. The number of aliphatic hydroxyl groups is 1. The molecule has 1 aromatic heterocycles. The highest BCUT2D eigenvalue weighted by molar-refractivity contribution is 6.05. The Hall–Kier alpha value is -4.15. The fourth-order valence-electron chi connectivity index (χ4n) is 4.85. The normalized spacial score (nSPS) is 16.3.